The molecule has 2 aliphatic heterocycles. The van der Waals surface area contributed by atoms with E-state index >= 15 is 0 Å². The Kier molecular flexibility index (Phi) is 5.35. The first-order valence-corrected chi connectivity index (χ1v) is 9.76. The molecule has 0 unspecified atom stereocenters. The first-order chi connectivity index (χ1) is 13.5. The second-order valence-corrected chi connectivity index (χ2v) is 7.92. The molecule has 0 aliphatic carbocycles. The molecule has 0 atom stereocenters. The van der Waals surface area contributed by atoms with Crippen molar-refractivity contribution in [2.75, 3.05) is 26.2 Å². The van der Waals surface area contributed by atoms with Crippen molar-refractivity contribution < 1.29 is 13.6 Å². The van der Waals surface area contributed by atoms with Gasteiger partial charge in [0.05, 0.1) is 11.8 Å². The molecule has 2 saturated heterocycles. The minimum atomic E-state index is -0.834. The number of hydrogen-bond acceptors (Lipinski definition) is 4. The molecule has 1 spiro atoms. The zero-order valence-corrected chi connectivity index (χ0v) is 15.8. The van der Waals surface area contributed by atoms with Crippen LogP contribution in [-0.2, 0) is 6.54 Å². The molecule has 28 heavy (non-hydrogen) atoms. The first kappa shape index (κ1) is 18.9. The Labute approximate surface area is 163 Å². The number of carbonyl (C=O) groups is 1. The molecule has 0 saturated carbocycles. The van der Waals surface area contributed by atoms with Crippen LogP contribution in [0.5, 0.6) is 0 Å². The van der Waals surface area contributed by atoms with Gasteiger partial charge < -0.3 is 4.90 Å². The Bertz CT molecular complexity index is 828. The fraction of sp³-hybridized carbons (Fsp3) is 0.476. The number of pyridine rings is 2. The Hall–Kier alpha value is -2.41. The minimum Gasteiger partial charge on any atom is -0.339 e. The van der Waals surface area contributed by atoms with Crippen LogP contribution < -0.4 is 0 Å². The van der Waals surface area contributed by atoms with Crippen LogP contribution in [0.2, 0.25) is 0 Å². The van der Waals surface area contributed by atoms with Crippen LogP contribution in [0.3, 0.4) is 0 Å². The molecule has 2 aromatic rings. The Morgan fingerprint density at radius 2 is 1.79 bits per heavy atom. The van der Waals surface area contributed by atoms with Gasteiger partial charge in [-0.05, 0) is 55.8 Å². The van der Waals surface area contributed by atoms with Gasteiger partial charge in [-0.25, -0.2) is 9.37 Å². The molecule has 0 aromatic carbocycles. The van der Waals surface area contributed by atoms with E-state index in [0.717, 1.165) is 57.6 Å². The highest BCUT2D eigenvalue weighted by Gasteiger charge is 2.39. The Balaban J connectivity index is 1.32. The van der Waals surface area contributed by atoms with E-state index in [-0.39, 0.29) is 11.0 Å². The van der Waals surface area contributed by atoms with E-state index < -0.39 is 17.7 Å². The molecule has 2 fully saturated rings. The quantitative estimate of drug-likeness (QED) is 0.760. The molecule has 148 valence electrons. The number of piperidine rings is 2. The highest BCUT2D eigenvalue weighted by Crippen LogP contribution is 2.41. The predicted octanol–water partition coefficient (Wildman–Crippen LogP) is 3.27. The molecule has 0 radical (unpaired) electrons. The summed E-state index contributed by atoms with van der Waals surface area (Å²) in [5.41, 5.74) is 1.25. The van der Waals surface area contributed by atoms with Crippen molar-refractivity contribution in [1.82, 2.24) is 19.8 Å². The number of likely N-dealkylation sites (tertiary alicyclic amines) is 2. The molecule has 2 aromatic heterocycles. The SMILES string of the molecule is O=C(c1cc(F)ncc1F)N1CCC2(CCN(Cc3cccnc3)CC2)CC1. The average Bonchev–Trinajstić information content (AvgIpc) is 2.73. The van der Waals surface area contributed by atoms with Crippen molar-refractivity contribution in [3.63, 3.8) is 0 Å². The molecule has 4 rings (SSSR count). The van der Waals surface area contributed by atoms with Gasteiger partial charge in [0.2, 0.25) is 5.95 Å². The highest BCUT2D eigenvalue weighted by atomic mass is 19.1. The van der Waals surface area contributed by atoms with Gasteiger partial charge >= 0.3 is 0 Å². The first-order valence-electron chi connectivity index (χ1n) is 9.76. The van der Waals surface area contributed by atoms with E-state index in [9.17, 15) is 13.6 Å². The lowest BCUT2D eigenvalue weighted by Crippen LogP contribution is -2.48. The largest absolute Gasteiger partial charge is 0.339 e. The maximum Gasteiger partial charge on any atom is 0.257 e. The fourth-order valence-corrected chi connectivity index (χ4v) is 4.37. The summed E-state index contributed by atoms with van der Waals surface area (Å²) in [7, 11) is 0. The molecule has 0 N–H and O–H groups in total. The van der Waals surface area contributed by atoms with Crippen molar-refractivity contribution in [3.05, 3.63) is 59.7 Å². The third-order valence-electron chi connectivity index (χ3n) is 6.21. The summed E-state index contributed by atoms with van der Waals surface area (Å²) in [5.74, 6) is -2.04. The molecule has 5 nitrogen and oxygen atoms in total. The number of amides is 1. The molecular formula is C21H24F2N4O. The van der Waals surface area contributed by atoms with Crippen LogP contribution in [0.4, 0.5) is 8.78 Å². The predicted molar refractivity (Wildman–Crippen MR) is 100 cm³/mol. The van der Waals surface area contributed by atoms with Gasteiger partial charge in [0.25, 0.3) is 5.91 Å². The Morgan fingerprint density at radius 1 is 1.07 bits per heavy atom. The van der Waals surface area contributed by atoms with Gasteiger partial charge in [-0.3, -0.25) is 14.7 Å². The number of carbonyl (C=O) groups excluding carboxylic acids is 1. The van der Waals surface area contributed by atoms with Crippen LogP contribution in [0.25, 0.3) is 0 Å². The number of nitrogens with zero attached hydrogens (tertiary/aromatic N) is 4. The van der Waals surface area contributed by atoms with Crippen molar-refractivity contribution in [3.8, 4) is 0 Å². The van der Waals surface area contributed by atoms with Crippen molar-refractivity contribution in [2.24, 2.45) is 5.41 Å². The monoisotopic (exact) mass is 386 g/mol. The normalized spacial score (nSPS) is 19.7. The van der Waals surface area contributed by atoms with Gasteiger partial charge in [-0.1, -0.05) is 6.07 Å². The van der Waals surface area contributed by atoms with Gasteiger partial charge in [-0.15, -0.1) is 0 Å². The summed E-state index contributed by atoms with van der Waals surface area (Å²) in [6, 6.07) is 4.95. The third kappa shape index (κ3) is 4.04. The van der Waals surface area contributed by atoms with Gasteiger partial charge in [0.15, 0.2) is 5.82 Å². The van der Waals surface area contributed by atoms with E-state index in [4.69, 9.17) is 0 Å². The third-order valence-corrected chi connectivity index (χ3v) is 6.21. The van der Waals surface area contributed by atoms with E-state index in [2.05, 4.69) is 20.9 Å². The highest BCUT2D eigenvalue weighted by molar-refractivity contribution is 5.94. The molecular weight excluding hydrogens is 362 g/mol. The smallest absolute Gasteiger partial charge is 0.257 e. The molecule has 7 heteroatoms. The van der Waals surface area contributed by atoms with E-state index in [1.807, 2.05) is 12.3 Å². The molecule has 2 aliphatic rings. The minimum absolute atomic E-state index is 0.227. The maximum atomic E-state index is 13.9. The standard InChI is InChI=1S/C21H24F2N4O/c22-18-14-25-19(23)12-17(18)20(28)27-10-5-21(6-11-27)3-8-26(9-4-21)15-16-2-1-7-24-13-16/h1-2,7,12-14H,3-6,8-11,15H2. The second-order valence-electron chi connectivity index (χ2n) is 7.92. The lowest BCUT2D eigenvalue weighted by molar-refractivity contribution is 0.0282. The summed E-state index contributed by atoms with van der Waals surface area (Å²) in [6.45, 7) is 4.16. The van der Waals surface area contributed by atoms with Crippen LogP contribution >= 0.6 is 0 Å². The summed E-state index contributed by atoms with van der Waals surface area (Å²) in [5, 5.41) is 0. The zero-order chi connectivity index (χ0) is 19.6. The second kappa shape index (κ2) is 7.91. The Morgan fingerprint density at radius 3 is 2.46 bits per heavy atom. The number of rotatable bonds is 3. The zero-order valence-electron chi connectivity index (χ0n) is 15.8. The summed E-state index contributed by atoms with van der Waals surface area (Å²) in [4.78, 5) is 24.1. The summed E-state index contributed by atoms with van der Waals surface area (Å²) >= 11 is 0. The van der Waals surface area contributed by atoms with Gasteiger partial charge in [0.1, 0.15) is 0 Å². The average molecular weight is 386 g/mol. The van der Waals surface area contributed by atoms with Crippen molar-refractivity contribution >= 4 is 5.91 Å². The van der Waals surface area contributed by atoms with Crippen LogP contribution in [0.1, 0.15) is 41.6 Å². The van der Waals surface area contributed by atoms with E-state index in [0.29, 0.717) is 13.1 Å². The lowest BCUT2D eigenvalue weighted by Gasteiger charge is -2.47. The molecule has 1 amide bonds. The lowest BCUT2D eigenvalue weighted by atomic mass is 9.71. The molecule has 0 bridgehead atoms. The topological polar surface area (TPSA) is 49.3 Å². The number of hydrogen-bond donors (Lipinski definition) is 0. The van der Waals surface area contributed by atoms with Crippen molar-refractivity contribution in [1.29, 1.82) is 0 Å². The fourth-order valence-electron chi connectivity index (χ4n) is 4.37. The summed E-state index contributed by atoms with van der Waals surface area (Å²) in [6.07, 6.45) is 8.50. The van der Waals surface area contributed by atoms with E-state index in [1.165, 1.54) is 5.56 Å². The van der Waals surface area contributed by atoms with Gasteiger partial charge in [-0.2, -0.15) is 4.39 Å². The van der Waals surface area contributed by atoms with Crippen LogP contribution in [-0.4, -0.2) is 51.9 Å². The number of halogens is 2. The summed E-state index contributed by atoms with van der Waals surface area (Å²) < 4.78 is 27.2. The van der Waals surface area contributed by atoms with Crippen molar-refractivity contribution in [2.45, 2.75) is 32.2 Å². The van der Waals surface area contributed by atoms with Gasteiger partial charge in [0, 0.05) is 38.1 Å². The van der Waals surface area contributed by atoms with Crippen LogP contribution in [0, 0.1) is 17.2 Å². The maximum absolute atomic E-state index is 13.9. The molecule has 4 heterocycles. The van der Waals surface area contributed by atoms with Crippen LogP contribution in [0.15, 0.2) is 36.8 Å². The van der Waals surface area contributed by atoms with E-state index in [1.54, 1.807) is 11.1 Å². The number of aromatic nitrogens is 2.